The van der Waals surface area contributed by atoms with E-state index in [1.54, 1.807) is 25.3 Å². The number of methoxy groups -OCH3 is 1. The Morgan fingerprint density at radius 2 is 1.63 bits per heavy atom. The maximum atomic E-state index is 12.7. The number of nitrogens with zero attached hydrogens (tertiary/aromatic N) is 1. The highest BCUT2D eigenvalue weighted by Crippen LogP contribution is 2.22. The summed E-state index contributed by atoms with van der Waals surface area (Å²) in [5.41, 5.74) is 2.43. The minimum atomic E-state index is -0.533. The predicted molar refractivity (Wildman–Crippen MR) is 108 cm³/mol. The number of Topliss-reactive ketones (excluding diaryl/α,β-unsaturated/α-hetero) is 1. The highest BCUT2D eigenvalue weighted by molar-refractivity contribution is 6.42. The smallest absolute Gasteiger partial charge is 0.295 e. The number of rotatable bonds is 7. The van der Waals surface area contributed by atoms with Gasteiger partial charge >= 0.3 is 0 Å². The molecular weight excluding hydrogens is 338 g/mol. The zero-order valence-electron chi connectivity index (χ0n) is 16.5. The monoisotopic (exact) mass is 365 g/mol. The van der Waals surface area contributed by atoms with Crippen LogP contribution in [0.4, 0.5) is 0 Å². The summed E-state index contributed by atoms with van der Waals surface area (Å²) in [4.78, 5) is 26.9. The maximum Gasteiger partial charge on any atom is 0.295 e. The Bertz CT molecular complexity index is 799. The van der Waals surface area contributed by atoms with Gasteiger partial charge in [0, 0.05) is 18.7 Å². The Balaban J connectivity index is 2.16. The van der Waals surface area contributed by atoms with E-state index in [9.17, 15) is 9.59 Å². The quantitative estimate of drug-likeness (QED) is 0.415. The molecule has 0 unspecified atom stereocenters. The van der Waals surface area contributed by atoms with Gasteiger partial charge in [-0.05, 0) is 28.7 Å². The van der Waals surface area contributed by atoms with Gasteiger partial charge in [-0.1, -0.05) is 63.2 Å². The van der Waals surface area contributed by atoms with E-state index in [1.165, 1.54) is 4.90 Å². The van der Waals surface area contributed by atoms with Crippen LogP contribution in [0, 0.1) is 0 Å². The van der Waals surface area contributed by atoms with Crippen molar-refractivity contribution in [3.8, 4) is 5.75 Å². The third-order valence-corrected chi connectivity index (χ3v) is 4.38. The van der Waals surface area contributed by atoms with Crippen molar-refractivity contribution in [3.63, 3.8) is 0 Å². The molecule has 0 aromatic heterocycles. The van der Waals surface area contributed by atoms with Crippen LogP contribution in [-0.4, -0.2) is 30.2 Å². The number of carbonyl (C=O) groups excluding carboxylic acids is 2. The fourth-order valence-corrected chi connectivity index (χ4v) is 2.72. The maximum absolute atomic E-state index is 12.7. The molecule has 27 heavy (non-hydrogen) atoms. The van der Waals surface area contributed by atoms with E-state index in [-0.39, 0.29) is 5.41 Å². The van der Waals surface area contributed by atoms with E-state index < -0.39 is 11.7 Å². The van der Waals surface area contributed by atoms with E-state index >= 15 is 0 Å². The highest BCUT2D eigenvalue weighted by atomic mass is 16.5. The summed E-state index contributed by atoms with van der Waals surface area (Å²) in [6.45, 7) is 10.7. The molecule has 0 aliphatic heterocycles. The average Bonchev–Trinajstić information content (AvgIpc) is 2.66. The second kappa shape index (κ2) is 8.67. The summed E-state index contributed by atoms with van der Waals surface area (Å²) in [5.74, 6) is -0.296. The van der Waals surface area contributed by atoms with Crippen molar-refractivity contribution in [1.29, 1.82) is 0 Å². The summed E-state index contributed by atoms with van der Waals surface area (Å²) in [6.07, 6.45) is 1.62. The number of hydrogen-bond acceptors (Lipinski definition) is 3. The van der Waals surface area contributed by atoms with Crippen LogP contribution in [-0.2, 0) is 16.8 Å². The highest BCUT2D eigenvalue weighted by Gasteiger charge is 2.23. The van der Waals surface area contributed by atoms with Crippen LogP contribution in [0.15, 0.2) is 61.2 Å². The molecule has 0 N–H and O–H groups in total. The lowest BCUT2D eigenvalue weighted by atomic mass is 9.86. The van der Waals surface area contributed by atoms with Gasteiger partial charge in [0.05, 0.1) is 7.11 Å². The van der Waals surface area contributed by atoms with Crippen LogP contribution in [0.2, 0.25) is 0 Å². The van der Waals surface area contributed by atoms with Gasteiger partial charge in [-0.15, -0.1) is 6.58 Å². The van der Waals surface area contributed by atoms with Gasteiger partial charge in [0.2, 0.25) is 5.78 Å². The van der Waals surface area contributed by atoms with Gasteiger partial charge in [0.1, 0.15) is 5.75 Å². The zero-order chi connectivity index (χ0) is 20.0. The van der Waals surface area contributed by atoms with E-state index in [1.807, 2.05) is 36.4 Å². The number of ether oxygens (including phenoxy) is 1. The number of ketones is 1. The van der Waals surface area contributed by atoms with Crippen LogP contribution in [0.25, 0.3) is 0 Å². The van der Waals surface area contributed by atoms with Crippen LogP contribution in [0.3, 0.4) is 0 Å². The molecule has 0 atom stereocenters. The second-order valence-electron chi connectivity index (χ2n) is 7.48. The van der Waals surface area contributed by atoms with Crippen LogP contribution >= 0.6 is 0 Å². The Hall–Kier alpha value is -2.88. The van der Waals surface area contributed by atoms with Crippen LogP contribution < -0.4 is 4.74 Å². The molecule has 4 nitrogen and oxygen atoms in total. The van der Waals surface area contributed by atoms with Crippen molar-refractivity contribution in [2.75, 3.05) is 13.7 Å². The van der Waals surface area contributed by atoms with Crippen molar-refractivity contribution < 1.29 is 14.3 Å². The second-order valence-corrected chi connectivity index (χ2v) is 7.48. The van der Waals surface area contributed by atoms with Gasteiger partial charge in [-0.3, -0.25) is 9.59 Å². The minimum Gasteiger partial charge on any atom is -0.497 e. The summed E-state index contributed by atoms with van der Waals surface area (Å²) < 4.78 is 5.15. The topological polar surface area (TPSA) is 46.6 Å². The first-order chi connectivity index (χ1) is 12.8. The number of amides is 1. The van der Waals surface area contributed by atoms with Crippen molar-refractivity contribution >= 4 is 11.7 Å². The Morgan fingerprint density at radius 3 is 2.11 bits per heavy atom. The molecule has 2 rings (SSSR count). The fourth-order valence-electron chi connectivity index (χ4n) is 2.72. The molecule has 0 bridgehead atoms. The first-order valence-corrected chi connectivity index (χ1v) is 8.94. The molecular formula is C23H27NO3. The molecule has 0 fully saturated rings. The average molecular weight is 365 g/mol. The van der Waals surface area contributed by atoms with Crippen molar-refractivity contribution in [2.24, 2.45) is 0 Å². The number of carbonyl (C=O) groups is 2. The third-order valence-electron chi connectivity index (χ3n) is 4.38. The lowest BCUT2D eigenvalue weighted by Gasteiger charge is -2.21. The van der Waals surface area contributed by atoms with Crippen molar-refractivity contribution in [3.05, 3.63) is 77.9 Å². The predicted octanol–water partition coefficient (Wildman–Crippen LogP) is 4.39. The van der Waals surface area contributed by atoms with E-state index in [0.29, 0.717) is 18.7 Å². The lowest BCUT2D eigenvalue weighted by molar-refractivity contribution is -0.126. The van der Waals surface area contributed by atoms with E-state index in [0.717, 1.165) is 16.9 Å². The Morgan fingerprint density at radius 1 is 1.04 bits per heavy atom. The fraction of sp³-hybridized carbons (Fsp3) is 0.304. The normalized spacial score (nSPS) is 11.0. The first kappa shape index (κ1) is 20.4. The third kappa shape index (κ3) is 5.30. The number of benzene rings is 2. The van der Waals surface area contributed by atoms with Crippen molar-refractivity contribution in [2.45, 2.75) is 32.7 Å². The Kier molecular flexibility index (Phi) is 6.56. The molecule has 0 spiro atoms. The van der Waals surface area contributed by atoms with Gasteiger partial charge in [-0.25, -0.2) is 0 Å². The molecule has 0 aliphatic carbocycles. The van der Waals surface area contributed by atoms with Crippen LogP contribution in [0.1, 0.15) is 42.3 Å². The van der Waals surface area contributed by atoms with Crippen molar-refractivity contribution in [1.82, 2.24) is 4.90 Å². The van der Waals surface area contributed by atoms with E-state index in [2.05, 4.69) is 27.4 Å². The Labute approximate surface area is 161 Å². The first-order valence-electron chi connectivity index (χ1n) is 8.94. The molecule has 2 aromatic carbocycles. The lowest BCUT2D eigenvalue weighted by Crippen LogP contribution is -2.36. The largest absolute Gasteiger partial charge is 0.497 e. The SMILES string of the molecule is C=CCN(Cc1ccc(OC)cc1)C(=O)C(=O)c1ccc(C(C)(C)C)cc1. The van der Waals surface area contributed by atoms with Gasteiger partial charge in [0.25, 0.3) is 5.91 Å². The summed E-state index contributed by atoms with van der Waals surface area (Å²) >= 11 is 0. The molecule has 4 heteroatoms. The number of hydrogen-bond donors (Lipinski definition) is 0. The molecule has 2 aromatic rings. The van der Waals surface area contributed by atoms with Gasteiger partial charge < -0.3 is 9.64 Å². The molecule has 0 saturated heterocycles. The standard InChI is InChI=1S/C23H27NO3/c1-6-15-24(16-17-7-13-20(27-5)14-8-17)22(26)21(25)18-9-11-19(12-10-18)23(2,3)4/h6-14H,1,15-16H2,2-5H3. The molecule has 0 aliphatic rings. The minimum absolute atomic E-state index is 0.00513. The zero-order valence-corrected chi connectivity index (χ0v) is 16.5. The molecule has 1 amide bonds. The summed E-state index contributed by atoms with van der Waals surface area (Å²) in [5, 5.41) is 0. The van der Waals surface area contributed by atoms with E-state index in [4.69, 9.17) is 4.74 Å². The van der Waals surface area contributed by atoms with Crippen LogP contribution in [0.5, 0.6) is 5.75 Å². The molecule has 0 heterocycles. The summed E-state index contributed by atoms with van der Waals surface area (Å²) in [7, 11) is 1.60. The van der Waals surface area contributed by atoms with Gasteiger partial charge in [-0.2, -0.15) is 0 Å². The molecule has 0 saturated carbocycles. The molecule has 0 radical (unpaired) electrons. The molecule has 142 valence electrons. The van der Waals surface area contributed by atoms with Gasteiger partial charge in [0.15, 0.2) is 0 Å². The summed E-state index contributed by atoms with van der Waals surface area (Å²) in [6, 6.07) is 14.7.